The van der Waals surface area contributed by atoms with Crippen LogP contribution in [0.15, 0.2) is 36.4 Å². The molecule has 1 fully saturated rings. The Balaban J connectivity index is 1.81. The molecule has 1 aliphatic rings. The molecule has 1 atom stereocenters. The number of piperazine rings is 1. The van der Waals surface area contributed by atoms with Gasteiger partial charge < -0.3 is 24.4 Å². The predicted molar refractivity (Wildman–Crippen MR) is 145 cm³/mol. The molecule has 1 saturated heterocycles. The van der Waals surface area contributed by atoms with Gasteiger partial charge in [0.1, 0.15) is 17.7 Å². The van der Waals surface area contributed by atoms with Crippen LogP contribution in [0.3, 0.4) is 0 Å². The van der Waals surface area contributed by atoms with Crippen LogP contribution >= 0.6 is 23.2 Å². The molecule has 2 aromatic rings. The largest absolute Gasteiger partial charge is 0.489 e. The summed E-state index contributed by atoms with van der Waals surface area (Å²) in [6.45, 7) is 7.77. The highest BCUT2D eigenvalue weighted by Crippen LogP contribution is 2.43. The van der Waals surface area contributed by atoms with Crippen molar-refractivity contribution in [1.82, 2.24) is 15.1 Å². The lowest BCUT2D eigenvalue weighted by molar-refractivity contribution is -0.145. The van der Waals surface area contributed by atoms with Crippen molar-refractivity contribution in [3.05, 3.63) is 57.6 Å². The van der Waals surface area contributed by atoms with Crippen LogP contribution in [0, 0.1) is 0 Å². The van der Waals surface area contributed by atoms with E-state index >= 15 is 0 Å². The summed E-state index contributed by atoms with van der Waals surface area (Å²) in [4.78, 5) is 42.4. The fourth-order valence-corrected chi connectivity index (χ4v) is 4.60. The number of benzene rings is 2. The molecule has 9 nitrogen and oxygen atoms in total. The number of esters is 2. The molecule has 0 aliphatic carbocycles. The van der Waals surface area contributed by atoms with Gasteiger partial charge in [-0.25, -0.2) is 4.79 Å². The van der Waals surface area contributed by atoms with Crippen LogP contribution in [0.4, 0.5) is 0 Å². The maximum absolute atomic E-state index is 13.3. The number of ether oxygens (including phenoxy) is 3. The summed E-state index contributed by atoms with van der Waals surface area (Å²) >= 11 is 13.0. The van der Waals surface area contributed by atoms with Crippen LogP contribution in [0.1, 0.15) is 29.8 Å². The summed E-state index contributed by atoms with van der Waals surface area (Å²) in [5.74, 6) is -2.07. The van der Waals surface area contributed by atoms with E-state index in [2.05, 4.69) is 22.2 Å². The van der Waals surface area contributed by atoms with Crippen molar-refractivity contribution >= 4 is 41.0 Å². The molecule has 206 valence electrons. The average Bonchev–Trinajstić information content (AvgIpc) is 2.88. The zero-order chi connectivity index (χ0) is 27.7. The number of nitrogens with one attached hydrogen (secondary N) is 1. The Hall–Kier alpha value is -2.85. The maximum atomic E-state index is 13.3. The molecule has 11 heteroatoms. The Morgan fingerprint density at radius 3 is 2.37 bits per heavy atom. The van der Waals surface area contributed by atoms with Gasteiger partial charge in [-0.1, -0.05) is 53.5 Å². The predicted octanol–water partition coefficient (Wildman–Crippen LogP) is 3.45. The SMILES string of the molecule is CCOC(=O)[C@@H](Cc1ccccc1)NC(=O)c1cc(Cl)c(OCCN2CCN(C)CC2)c(Cl)c1OC(C)=O. The highest BCUT2D eigenvalue weighted by molar-refractivity contribution is 6.39. The number of carbonyl (C=O) groups excluding carboxylic acids is 3. The third kappa shape index (κ3) is 8.33. The van der Waals surface area contributed by atoms with Gasteiger partial charge in [-0.05, 0) is 25.6 Å². The molecule has 38 heavy (non-hydrogen) atoms. The highest BCUT2D eigenvalue weighted by Gasteiger charge is 2.28. The topological polar surface area (TPSA) is 97.4 Å². The number of amides is 1. The number of carbonyl (C=O) groups is 3. The molecule has 0 spiro atoms. The van der Waals surface area contributed by atoms with E-state index in [0.29, 0.717) is 13.2 Å². The van der Waals surface area contributed by atoms with Gasteiger partial charge in [-0.15, -0.1) is 0 Å². The second-order valence-electron chi connectivity index (χ2n) is 8.93. The molecule has 0 aromatic heterocycles. The number of nitrogens with zero attached hydrogens (tertiary/aromatic N) is 2. The lowest BCUT2D eigenvalue weighted by Crippen LogP contribution is -2.45. The van der Waals surface area contributed by atoms with Gasteiger partial charge in [-0.2, -0.15) is 0 Å². The van der Waals surface area contributed by atoms with Crippen molar-refractivity contribution in [3.8, 4) is 11.5 Å². The Morgan fingerprint density at radius 2 is 1.74 bits per heavy atom. The first-order valence-corrected chi connectivity index (χ1v) is 13.2. The quantitative estimate of drug-likeness (QED) is 0.327. The van der Waals surface area contributed by atoms with Crippen molar-refractivity contribution in [2.75, 3.05) is 53.0 Å². The van der Waals surface area contributed by atoms with E-state index in [4.69, 9.17) is 37.4 Å². The van der Waals surface area contributed by atoms with Crippen LogP contribution < -0.4 is 14.8 Å². The van der Waals surface area contributed by atoms with E-state index in [1.807, 2.05) is 30.3 Å². The van der Waals surface area contributed by atoms with E-state index in [1.165, 1.54) is 13.0 Å². The summed E-state index contributed by atoms with van der Waals surface area (Å²) in [7, 11) is 2.08. The van der Waals surface area contributed by atoms with Crippen molar-refractivity contribution in [3.63, 3.8) is 0 Å². The van der Waals surface area contributed by atoms with E-state index in [1.54, 1.807) is 6.92 Å². The average molecular weight is 566 g/mol. The second kappa shape index (κ2) is 14.3. The molecule has 1 heterocycles. The fourth-order valence-electron chi connectivity index (χ4n) is 4.00. The molecule has 1 aliphatic heterocycles. The second-order valence-corrected chi connectivity index (χ2v) is 9.72. The van der Waals surface area contributed by atoms with Crippen LogP contribution in [-0.2, 0) is 20.7 Å². The fraction of sp³-hybridized carbons (Fsp3) is 0.444. The number of halogens is 2. The summed E-state index contributed by atoms with van der Waals surface area (Å²) in [5.41, 5.74) is 0.718. The molecule has 1 amide bonds. The van der Waals surface area contributed by atoms with E-state index in [-0.39, 0.29) is 40.1 Å². The van der Waals surface area contributed by atoms with Crippen LogP contribution in [0.5, 0.6) is 11.5 Å². The van der Waals surface area contributed by atoms with Gasteiger partial charge in [-0.3, -0.25) is 14.5 Å². The smallest absolute Gasteiger partial charge is 0.328 e. The normalized spacial score (nSPS) is 15.0. The number of hydrogen-bond donors (Lipinski definition) is 1. The van der Waals surface area contributed by atoms with Crippen LogP contribution in [-0.4, -0.2) is 86.7 Å². The van der Waals surface area contributed by atoms with E-state index in [9.17, 15) is 14.4 Å². The zero-order valence-electron chi connectivity index (χ0n) is 21.8. The maximum Gasteiger partial charge on any atom is 0.328 e. The monoisotopic (exact) mass is 565 g/mol. The Labute approximate surface area is 232 Å². The van der Waals surface area contributed by atoms with E-state index in [0.717, 1.165) is 31.7 Å². The first-order valence-electron chi connectivity index (χ1n) is 12.4. The first kappa shape index (κ1) is 29.7. The lowest BCUT2D eigenvalue weighted by atomic mass is 10.0. The minimum Gasteiger partial charge on any atom is -0.489 e. The third-order valence-corrected chi connectivity index (χ3v) is 6.65. The molecule has 2 aromatic carbocycles. The molecular weight excluding hydrogens is 533 g/mol. The van der Waals surface area contributed by atoms with Gasteiger partial charge in [0.2, 0.25) is 0 Å². The standard InChI is InChI=1S/C27H33Cl2N3O6/c1-4-36-27(35)22(16-19-8-6-5-7-9-19)30-26(34)20-17-21(28)25(23(29)24(20)38-18(2)33)37-15-14-32-12-10-31(3)11-13-32/h5-9,17,22H,4,10-16H2,1-3H3,(H,30,34)/t22-/m1/s1. The van der Waals surface area contributed by atoms with Crippen molar-refractivity contribution in [1.29, 1.82) is 0 Å². The Morgan fingerprint density at radius 1 is 1.05 bits per heavy atom. The molecular formula is C27H33Cl2N3O6. The highest BCUT2D eigenvalue weighted by atomic mass is 35.5. The number of hydrogen-bond acceptors (Lipinski definition) is 8. The number of likely N-dealkylation sites (N-methyl/N-ethyl adjacent to an activating group) is 1. The van der Waals surface area contributed by atoms with E-state index < -0.39 is 23.9 Å². The minimum absolute atomic E-state index is 0.0742. The van der Waals surface area contributed by atoms with Crippen molar-refractivity contribution < 1.29 is 28.6 Å². The van der Waals surface area contributed by atoms with Gasteiger partial charge >= 0.3 is 11.9 Å². The summed E-state index contributed by atoms with van der Waals surface area (Å²) < 4.78 is 16.3. The van der Waals surface area contributed by atoms with Gasteiger partial charge in [0, 0.05) is 46.1 Å². The van der Waals surface area contributed by atoms with Gasteiger partial charge in [0.25, 0.3) is 5.91 Å². The summed E-state index contributed by atoms with van der Waals surface area (Å²) in [5, 5.41) is 2.64. The lowest BCUT2D eigenvalue weighted by Gasteiger charge is -2.32. The summed E-state index contributed by atoms with van der Waals surface area (Å²) in [6, 6.07) is 9.52. The van der Waals surface area contributed by atoms with Crippen molar-refractivity contribution in [2.24, 2.45) is 0 Å². The molecule has 0 saturated carbocycles. The Bertz CT molecular complexity index is 1120. The molecule has 0 bridgehead atoms. The number of rotatable bonds is 11. The van der Waals surface area contributed by atoms with Crippen LogP contribution in [0.25, 0.3) is 0 Å². The third-order valence-electron chi connectivity index (χ3n) is 6.03. The first-order chi connectivity index (χ1) is 18.2. The van der Waals surface area contributed by atoms with Crippen molar-refractivity contribution in [2.45, 2.75) is 26.3 Å². The molecule has 0 unspecified atom stereocenters. The molecule has 1 N–H and O–H groups in total. The zero-order valence-corrected chi connectivity index (χ0v) is 23.3. The molecule has 3 rings (SSSR count). The van der Waals surface area contributed by atoms with Gasteiger partial charge in [0.05, 0.1) is 17.2 Å². The van der Waals surface area contributed by atoms with Gasteiger partial charge in [0.15, 0.2) is 11.5 Å². The Kier molecular flexibility index (Phi) is 11.2. The van der Waals surface area contributed by atoms with Crippen LogP contribution in [0.2, 0.25) is 10.0 Å². The molecule has 0 radical (unpaired) electrons. The summed E-state index contributed by atoms with van der Waals surface area (Å²) in [6.07, 6.45) is 0.198. The minimum atomic E-state index is -0.993.